The number of nitrogens with zero attached hydrogens (tertiary/aromatic N) is 3. The number of hydrogen-bond donors (Lipinski definition) is 0. The maximum atomic E-state index is 6.30. The molecule has 0 spiro atoms. The highest BCUT2D eigenvalue weighted by Gasteiger charge is 2.16. The van der Waals surface area contributed by atoms with E-state index in [9.17, 15) is 0 Å². The van der Waals surface area contributed by atoms with Crippen LogP contribution in [0.25, 0.3) is 0 Å². The summed E-state index contributed by atoms with van der Waals surface area (Å²) in [6.45, 7) is 13.3. The SMILES string of the molecule is CCCc1c(Cl)ncnc1N(CCC(C)C)CCC(C)C. The van der Waals surface area contributed by atoms with Crippen LogP contribution in [-0.2, 0) is 6.42 Å². The molecule has 0 N–H and O–H groups in total. The van der Waals surface area contributed by atoms with Crippen LogP contribution in [0.15, 0.2) is 6.33 Å². The molecule has 1 rings (SSSR count). The van der Waals surface area contributed by atoms with E-state index in [0.29, 0.717) is 17.0 Å². The van der Waals surface area contributed by atoms with Gasteiger partial charge in [0.15, 0.2) is 0 Å². The van der Waals surface area contributed by atoms with Gasteiger partial charge in [0.05, 0.1) is 0 Å². The molecule has 120 valence electrons. The second-order valence-corrected chi connectivity index (χ2v) is 6.93. The summed E-state index contributed by atoms with van der Waals surface area (Å²) < 4.78 is 0. The Morgan fingerprint density at radius 2 is 1.62 bits per heavy atom. The van der Waals surface area contributed by atoms with Crippen molar-refractivity contribution in [2.24, 2.45) is 11.8 Å². The third-order valence-electron chi connectivity index (χ3n) is 3.62. The van der Waals surface area contributed by atoms with E-state index in [1.165, 1.54) is 12.8 Å². The Bertz CT molecular complexity index is 406. The minimum absolute atomic E-state index is 0.612. The maximum Gasteiger partial charge on any atom is 0.137 e. The fraction of sp³-hybridized carbons (Fsp3) is 0.765. The lowest BCUT2D eigenvalue weighted by Crippen LogP contribution is -2.29. The van der Waals surface area contributed by atoms with Crippen LogP contribution in [0.4, 0.5) is 5.82 Å². The second-order valence-electron chi connectivity index (χ2n) is 6.57. The van der Waals surface area contributed by atoms with E-state index >= 15 is 0 Å². The molecule has 1 aromatic heterocycles. The quantitative estimate of drug-likeness (QED) is 0.602. The second kappa shape index (κ2) is 9.24. The Morgan fingerprint density at radius 1 is 1.05 bits per heavy atom. The third-order valence-corrected chi connectivity index (χ3v) is 3.95. The van der Waals surface area contributed by atoms with Gasteiger partial charge in [-0.2, -0.15) is 0 Å². The van der Waals surface area contributed by atoms with Gasteiger partial charge < -0.3 is 4.90 Å². The first kappa shape index (κ1) is 18.2. The smallest absolute Gasteiger partial charge is 0.137 e. The van der Waals surface area contributed by atoms with Crippen molar-refractivity contribution in [2.75, 3.05) is 18.0 Å². The molecule has 0 aliphatic rings. The van der Waals surface area contributed by atoms with Crippen LogP contribution < -0.4 is 4.90 Å². The van der Waals surface area contributed by atoms with Gasteiger partial charge in [0.1, 0.15) is 17.3 Å². The molecule has 0 aliphatic heterocycles. The van der Waals surface area contributed by atoms with E-state index < -0.39 is 0 Å². The summed E-state index contributed by atoms with van der Waals surface area (Å²) in [5.41, 5.74) is 1.11. The topological polar surface area (TPSA) is 29.0 Å². The lowest BCUT2D eigenvalue weighted by molar-refractivity contribution is 0.531. The van der Waals surface area contributed by atoms with Crippen molar-refractivity contribution in [3.05, 3.63) is 17.0 Å². The molecule has 1 aromatic rings. The lowest BCUT2D eigenvalue weighted by atomic mass is 10.1. The molecule has 0 saturated carbocycles. The highest BCUT2D eigenvalue weighted by Crippen LogP contribution is 2.26. The van der Waals surface area contributed by atoms with Crippen molar-refractivity contribution in [3.63, 3.8) is 0 Å². The van der Waals surface area contributed by atoms with Crippen LogP contribution in [0, 0.1) is 11.8 Å². The van der Waals surface area contributed by atoms with Gasteiger partial charge in [-0.15, -0.1) is 0 Å². The molecule has 0 bridgehead atoms. The summed E-state index contributed by atoms with van der Waals surface area (Å²) in [5.74, 6) is 2.43. The first-order valence-electron chi connectivity index (χ1n) is 8.20. The Morgan fingerprint density at radius 3 is 2.10 bits per heavy atom. The Balaban J connectivity index is 2.97. The average Bonchev–Trinajstić information content (AvgIpc) is 2.41. The molecule has 4 heteroatoms. The van der Waals surface area contributed by atoms with Crippen molar-refractivity contribution in [1.29, 1.82) is 0 Å². The summed E-state index contributed by atoms with van der Waals surface area (Å²) in [5, 5.41) is 0.612. The predicted molar refractivity (Wildman–Crippen MR) is 92.2 cm³/mol. The van der Waals surface area contributed by atoms with Crippen molar-refractivity contribution < 1.29 is 0 Å². The summed E-state index contributed by atoms with van der Waals surface area (Å²) in [4.78, 5) is 11.1. The Labute approximate surface area is 135 Å². The van der Waals surface area contributed by atoms with E-state index in [0.717, 1.165) is 37.3 Å². The molecule has 0 saturated heterocycles. The minimum atomic E-state index is 0.612. The minimum Gasteiger partial charge on any atom is -0.356 e. The largest absolute Gasteiger partial charge is 0.356 e. The zero-order chi connectivity index (χ0) is 15.8. The molecule has 21 heavy (non-hydrogen) atoms. The average molecular weight is 312 g/mol. The maximum absolute atomic E-state index is 6.30. The molecular weight excluding hydrogens is 282 g/mol. The molecule has 0 fully saturated rings. The number of anilines is 1. The molecule has 0 amide bonds. The molecule has 0 atom stereocenters. The number of rotatable bonds is 9. The van der Waals surface area contributed by atoms with E-state index in [2.05, 4.69) is 49.5 Å². The van der Waals surface area contributed by atoms with Crippen molar-refractivity contribution in [2.45, 2.75) is 60.3 Å². The summed E-state index contributed by atoms with van der Waals surface area (Å²) >= 11 is 6.30. The van der Waals surface area contributed by atoms with Crippen molar-refractivity contribution in [1.82, 2.24) is 9.97 Å². The van der Waals surface area contributed by atoms with Gasteiger partial charge in [0, 0.05) is 18.7 Å². The van der Waals surface area contributed by atoms with Gasteiger partial charge >= 0.3 is 0 Å². The van der Waals surface area contributed by atoms with Crippen LogP contribution in [0.2, 0.25) is 5.15 Å². The predicted octanol–water partition coefficient (Wildman–Crippen LogP) is 4.98. The van der Waals surface area contributed by atoms with Crippen LogP contribution in [0.1, 0.15) is 59.4 Å². The Hall–Kier alpha value is -0.830. The number of hydrogen-bond acceptors (Lipinski definition) is 3. The molecule has 1 heterocycles. The van der Waals surface area contributed by atoms with Crippen LogP contribution in [0.3, 0.4) is 0 Å². The zero-order valence-corrected chi connectivity index (χ0v) is 15.0. The first-order valence-corrected chi connectivity index (χ1v) is 8.57. The fourth-order valence-electron chi connectivity index (χ4n) is 2.27. The van der Waals surface area contributed by atoms with E-state index in [4.69, 9.17) is 11.6 Å². The summed E-state index contributed by atoms with van der Waals surface area (Å²) in [6, 6.07) is 0. The molecule has 3 nitrogen and oxygen atoms in total. The normalized spacial score (nSPS) is 11.4. The van der Waals surface area contributed by atoms with Crippen LogP contribution in [-0.4, -0.2) is 23.1 Å². The van der Waals surface area contributed by atoms with Gasteiger partial charge in [0.2, 0.25) is 0 Å². The van der Waals surface area contributed by atoms with Gasteiger partial charge in [-0.25, -0.2) is 9.97 Å². The van der Waals surface area contributed by atoms with Gasteiger partial charge in [-0.1, -0.05) is 52.6 Å². The monoisotopic (exact) mass is 311 g/mol. The van der Waals surface area contributed by atoms with Crippen molar-refractivity contribution in [3.8, 4) is 0 Å². The van der Waals surface area contributed by atoms with E-state index in [1.807, 2.05) is 0 Å². The number of aromatic nitrogens is 2. The fourth-order valence-corrected chi connectivity index (χ4v) is 2.49. The van der Waals surface area contributed by atoms with Crippen molar-refractivity contribution >= 4 is 17.4 Å². The summed E-state index contributed by atoms with van der Waals surface area (Å²) in [6.07, 6.45) is 5.93. The molecular formula is C17H30ClN3. The first-order chi connectivity index (χ1) is 9.95. The van der Waals surface area contributed by atoms with E-state index in [1.54, 1.807) is 6.33 Å². The zero-order valence-electron chi connectivity index (χ0n) is 14.2. The van der Waals surface area contributed by atoms with Crippen LogP contribution >= 0.6 is 11.6 Å². The lowest BCUT2D eigenvalue weighted by Gasteiger charge is -2.27. The molecule has 0 unspecified atom stereocenters. The summed E-state index contributed by atoms with van der Waals surface area (Å²) in [7, 11) is 0. The number of halogens is 1. The molecule has 0 radical (unpaired) electrons. The Kier molecular flexibility index (Phi) is 8.02. The van der Waals surface area contributed by atoms with Crippen LogP contribution in [0.5, 0.6) is 0 Å². The van der Waals surface area contributed by atoms with Gasteiger partial charge in [0.25, 0.3) is 0 Å². The van der Waals surface area contributed by atoms with E-state index in [-0.39, 0.29) is 0 Å². The third kappa shape index (κ3) is 6.21. The highest BCUT2D eigenvalue weighted by molar-refractivity contribution is 6.30. The molecule has 0 aliphatic carbocycles. The molecule has 0 aromatic carbocycles. The highest BCUT2D eigenvalue weighted by atomic mass is 35.5. The van der Waals surface area contributed by atoms with Gasteiger partial charge in [-0.05, 0) is 31.1 Å². The standard InChI is InChI=1S/C17H30ClN3/c1-6-7-15-16(18)19-12-20-17(15)21(10-8-13(2)3)11-9-14(4)5/h12-14H,6-11H2,1-5H3. The van der Waals surface area contributed by atoms with Gasteiger partial charge in [-0.3, -0.25) is 0 Å².